The summed E-state index contributed by atoms with van der Waals surface area (Å²) in [5, 5.41) is 2.34. The van der Waals surface area contributed by atoms with Crippen molar-refractivity contribution in [1.82, 2.24) is 5.32 Å². The Morgan fingerprint density at radius 1 is 1.56 bits per heavy atom. The lowest BCUT2D eigenvalue weighted by molar-refractivity contribution is -0.158. The zero-order chi connectivity index (χ0) is 13.7. The summed E-state index contributed by atoms with van der Waals surface area (Å²) in [6.07, 6.45) is -2.70. The van der Waals surface area contributed by atoms with Crippen molar-refractivity contribution in [1.29, 1.82) is 0 Å². The summed E-state index contributed by atoms with van der Waals surface area (Å²) in [7, 11) is 1.19. The molecule has 0 bridgehead atoms. The monoisotopic (exact) mass is 259 g/mol. The molecule has 18 heavy (non-hydrogen) atoms. The highest BCUT2D eigenvalue weighted by Crippen LogP contribution is 2.11. The zero-order valence-corrected chi connectivity index (χ0v) is 9.93. The van der Waals surface area contributed by atoms with Crippen molar-refractivity contribution in [3.63, 3.8) is 0 Å². The Balaban J connectivity index is 2.43. The Morgan fingerprint density at radius 3 is 2.72 bits per heavy atom. The third-order valence-corrected chi connectivity index (χ3v) is 2.11. The first kappa shape index (κ1) is 13.8. The molecule has 1 rings (SSSR count). The van der Waals surface area contributed by atoms with Crippen LogP contribution in [0.2, 0.25) is 0 Å². The smallest absolute Gasteiger partial charge is 0.453 e. The third kappa shape index (κ3) is 3.65. The number of esters is 1. The standard InChI is InChI=1S/C10H13NO7/c1-5(6(2)11-9(13)15-3)8(12)17-7-4-16-10(14)18-7/h6-7H,1,4H2,2-3H3,(H,11,13). The van der Waals surface area contributed by atoms with Crippen LogP contribution in [0.4, 0.5) is 9.59 Å². The van der Waals surface area contributed by atoms with E-state index in [9.17, 15) is 14.4 Å². The van der Waals surface area contributed by atoms with E-state index in [0.717, 1.165) is 0 Å². The van der Waals surface area contributed by atoms with Gasteiger partial charge in [0.1, 0.15) is 0 Å². The van der Waals surface area contributed by atoms with Crippen LogP contribution in [0.1, 0.15) is 6.92 Å². The molecule has 0 spiro atoms. The average Bonchev–Trinajstić information content (AvgIpc) is 2.73. The van der Waals surface area contributed by atoms with E-state index in [1.54, 1.807) is 0 Å². The van der Waals surface area contributed by atoms with Crippen LogP contribution in [-0.2, 0) is 23.7 Å². The highest BCUT2D eigenvalue weighted by molar-refractivity contribution is 5.90. The minimum Gasteiger partial charge on any atom is -0.453 e. The fraction of sp³-hybridized carbons (Fsp3) is 0.500. The van der Waals surface area contributed by atoms with Gasteiger partial charge in [-0.25, -0.2) is 14.4 Å². The molecular formula is C10H13NO7. The van der Waals surface area contributed by atoms with Gasteiger partial charge in [0.25, 0.3) is 6.29 Å². The number of alkyl carbamates (subject to hydrolysis) is 1. The first-order valence-corrected chi connectivity index (χ1v) is 5.01. The Labute approximate surface area is 103 Å². The van der Waals surface area contributed by atoms with Crippen molar-refractivity contribution in [3.8, 4) is 0 Å². The second kappa shape index (κ2) is 5.89. The van der Waals surface area contributed by atoms with Crippen LogP contribution in [-0.4, -0.2) is 44.3 Å². The molecule has 8 heteroatoms. The summed E-state index contributed by atoms with van der Waals surface area (Å²) in [5.41, 5.74) is -0.0108. The van der Waals surface area contributed by atoms with E-state index in [1.165, 1.54) is 14.0 Å². The molecule has 1 N–H and O–H groups in total. The average molecular weight is 259 g/mol. The largest absolute Gasteiger partial charge is 0.511 e. The van der Waals surface area contributed by atoms with E-state index in [2.05, 4.69) is 26.1 Å². The van der Waals surface area contributed by atoms with E-state index in [1.807, 2.05) is 0 Å². The highest BCUT2D eigenvalue weighted by Gasteiger charge is 2.30. The molecule has 2 unspecified atom stereocenters. The molecule has 1 saturated heterocycles. The number of cyclic esters (lactones) is 2. The molecule has 1 fully saturated rings. The van der Waals surface area contributed by atoms with Crippen molar-refractivity contribution in [2.75, 3.05) is 13.7 Å². The van der Waals surface area contributed by atoms with Gasteiger partial charge >= 0.3 is 18.2 Å². The molecule has 0 aliphatic carbocycles. The summed E-state index contributed by atoms with van der Waals surface area (Å²) < 4.78 is 18.1. The van der Waals surface area contributed by atoms with Gasteiger partial charge in [-0.3, -0.25) is 0 Å². The van der Waals surface area contributed by atoms with E-state index < -0.39 is 30.5 Å². The van der Waals surface area contributed by atoms with Crippen molar-refractivity contribution in [3.05, 3.63) is 12.2 Å². The fourth-order valence-electron chi connectivity index (χ4n) is 1.06. The van der Waals surface area contributed by atoms with Crippen LogP contribution in [0.5, 0.6) is 0 Å². The number of hydrogen-bond donors (Lipinski definition) is 1. The first-order valence-electron chi connectivity index (χ1n) is 5.01. The van der Waals surface area contributed by atoms with Gasteiger partial charge in [-0.2, -0.15) is 0 Å². The Hall–Kier alpha value is -2.25. The molecule has 0 saturated carbocycles. The number of hydrogen-bond acceptors (Lipinski definition) is 7. The first-order chi connectivity index (χ1) is 8.43. The van der Waals surface area contributed by atoms with Gasteiger partial charge in [0.15, 0.2) is 6.61 Å². The van der Waals surface area contributed by atoms with E-state index >= 15 is 0 Å². The maximum absolute atomic E-state index is 11.6. The fourth-order valence-corrected chi connectivity index (χ4v) is 1.06. The molecule has 0 aromatic heterocycles. The lowest BCUT2D eigenvalue weighted by Gasteiger charge is -2.16. The van der Waals surface area contributed by atoms with Crippen molar-refractivity contribution in [2.45, 2.75) is 19.3 Å². The van der Waals surface area contributed by atoms with Gasteiger partial charge in [-0.05, 0) is 6.92 Å². The summed E-state index contributed by atoms with van der Waals surface area (Å²) in [6.45, 7) is 4.83. The molecule has 0 aromatic rings. The quantitative estimate of drug-likeness (QED) is 0.441. The van der Waals surface area contributed by atoms with Gasteiger partial charge in [0.05, 0.1) is 18.7 Å². The number of carbonyl (C=O) groups is 3. The predicted octanol–water partition coefficient (Wildman–Crippen LogP) is 0.323. The van der Waals surface area contributed by atoms with Gasteiger partial charge in [-0.1, -0.05) is 6.58 Å². The summed E-state index contributed by atoms with van der Waals surface area (Å²) in [6, 6.07) is -0.678. The normalized spacial score (nSPS) is 19.2. The van der Waals surface area contributed by atoms with Crippen LogP contribution in [0.25, 0.3) is 0 Å². The number of nitrogens with one attached hydrogen (secondary N) is 1. The maximum atomic E-state index is 11.6. The van der Waals surface area contributed by atoms with Gasteiger partial charge in [0.2, 0.25) is 0 Å². The van der Waals surface area contributed by atoms with Crippen molar-refractivity contribution >= 4 is 18.2 Å². The molecule has 1 amide bonds. The lowest BCUT2D eigenvalue weighted by Crippen LogP contribution is -2.37. The zero-order valence-electron chi connectivity index (χ0n) is 9.93. The van der Waals surface area contributed by atoms with Gasteiger partial charge < -0.3 is 24.3 Å². The molecule has 1 heterocycles. The Kier molecular flexibility index (Phi) is 4.52. The highest BCUT2D eigenvalue weighted by atomic mass is 16.8. The number of ether oxygens (including phenoxy) is 4. The molecule has 2 atom stereocenters. The van der Waals surface area contributed by atoms with Crippen LogP contribution < -0.4 is 5.32 Å². The Morgan fingerprint density at radius 2 is 2.22 bits per heavy atom. The third-order valence-electron chi connectivity index (χ3n) is 2.11. The van der Waals surface area contributed by atoms with Crippen LogP contribution >= 0.6 is 0 Å². The SMILES string of the molecule is C=C(C(=O)OC1COC(=O)O1)C(C)NC(=O)OC. The number of rotatable bonds is 4. The molecular weight excluding hydrogens is 246 g/mol. The maximum Gasteiger partial charge on any atom is 0.511 e. The minimum absolute atomic E-state index is 0.0108. The predicted molar refractivity (Wildman–Crippen MR) is 56.5 cm³/mol. The molecule has 8 nitrogen and oxygen atoms in total. The van der Waals surface area contributed by atoms with E-state index in [0.29, 0.717) is 0 Å². The lowest BCUT2D eigenvalue weighted by atomic mass is 10.1. The van der Waals surface area contributed by atoms with Crippen LogP contribution in [0.3, 0.4) is 0 Å². The molecule has 1 aliphatic rings. The molecule has 0 radical (unpaired) electrons. The second-order valence-corrected chi connectivity index (χ2v) is 3.40. The van der Waals surface area contributed by atoms with Crippen LogP contribution in [0.15, 0.2) is 12.2 Å². The molecule has 1 aliphatic heterocycles. The van der Waals surface area contributed by atoms with Gasteiger partial charge in [-0.15, -0.1) is 0 Å². The van der Waals surface area contributed by atoms with Crippen molar-refractivity contribution < 1.29 is 33.3 Å². The van der Waals surface area contributed by atoms with E-state index in [-0.39, 0.29) is 12.2 Å². The van der Waals surface area contributed by atoms with Gasteiger partial charge in [0, 0.05) is 0 Å². The number of carbonyl (C=O) groups excluding carboxylic acids is 3. The van der Waals surface area contributed by atoms with E-state index in [4.69, 9.17) is 4.74 Å². The van der Waals surface area contributed by atoms with Crippen LogP contribution in [0, 0.1) is 0 Å². The molecule has 100 valence electrons. The topological polar surface area (TPSA) is 100 Å². The molecule has 0 aromatic carbocycles. The van der Waals surface area contributed by atoms with Crippen molar-refractivity contribution in [2.24, 2.45) is 0 Å². The summed E-state index contributed by atoms with van der Waals surface area (Å²) in [5.74, 6) is -0.804. The second-order valence-electron chi connectivity index (χ2n) is 3.40. The number of methoxy groups -OCH3 is 1. The summed E-state index contributed by atoms with van der Waals surface area (Å²) >= 11 is 0. The minimum atomic E-state index is -1.09. The summed E-state index contributed by atoms with van der Waals surface area (Å²) in [4.78, 5) is 33.1. The number of amides is 1. The Bertz CT molecular complexity index is 378.